The molecule has 0 aliphatic heterocycles. The number of hydrogen-bond acceptors (Lipinski definition) is 5. The van der Waals surface area contributed by atoms with Gasteiger partial charge in [0, 0.05) is 5.69 Å². The second-order valence-electron chi connectivity index (χ2n) is 4.03. The number of nitrogens with zero attached hydrogens (tertiary/aromatic N) is 2. The fraction of sp³-hybridized carbons (Fsp3) is 0.0909. The molecule has 0 spiro atoms. The first-order valence-electron chi connectivity index (χ1n) is 5.48. The molecule has 1 heterocycles. The molecule has 0 saturated carbocycles. The molecule has 0 atom stereocenters. The van der Waals surface area contributed by atoms with Crippen LogP contribution >= 0.6 is 11.6 Å². The monoisotopic (exact) mass is 334 g/mol. The molecule has 1 aromatic carbocycles. The van der Waals surface area contributed by atoms with Crippen LogP contribution in [-0.4, -0.2) is 18.4 Å². The van der Waals surface area contributed by atoms with E-state index in [0.29, 0.717) is 5.69 Å². The van der Waals surface area contributed by atoms with Gasteiger partial charge in [0.1, 0.15) is 21.6 Å². The molecular weight excluding hydrogens is 326 g/mol. The molecule has 2 rings (SSSR count). The summed E-state index contributed by atoms with van der Waals surface area (Å²) in [6.45, 7) is 1.57. The van der Waals surface area contributed by atoms with Gasteiger partial charge in [0.15, 0.2) is 5.82 Å². The topological polar surface area (TPSA) is 98.0 Å². The summed E-state index contributed by atoms with van der Waals surface area (Å²) in [5, 5.41) is 0.0132. The highest BCUT2D eigenvalue weighted by molar-refractivity contribution is 7.92. The van der Waals surface area contributed by atoms with Crippen LogP contribution in [0.5, 0.6) is 0 Å². The van der Waals surface area contributed by atoms with Crippen molar-refractivity contribution < 1.29 is 17.2 Å². The molecule has 21 heavy (non-hydrogen) atoms. The minimum atomic E-state index is -4.37. The minimum absolute atomic E-state index is 0.0132. The van der Waals surface area contributed by atoms with E-state index in [0.717, 1.165) is 12.1 Å². The van der Waals surface area contributed by atoms with Crippen LogP contribution in [0.1, 0.15) is 5.69 Å². The lowest BCUT2D eigenvalue weighted by molar-refractivity contribution is 0.557. The molecule has 0 saturated heterocycles. The second kappa shape index (κ2) is 5.41. The number of nitrogens with one attached hydrogen (secondary N) is 1. The number of aromatic nitrogens is 2. The number of nitrogens with two attached hydrogens (primary N) is 1. The Morgan fingerprint density at radius 1 is 1.29 bits per heavy atom. The highest BCUT2D eigenvalue weighted by Gasteiger charge is 2.23. The Labute approximate surface area is 124 Å². The van der Waals surface area contributed by atoms with Crippen molar-refractivity contribution in [3.63, 3.8) is 0 Å². The summed E-state index contributed by atoms with van der Waals surface area (Å²) >= 11 is 5.67. The molecule has 0 fully saturated rings. The van der Waals surface area contributed by atoms with Crippen molar-refractivity contribution in [3.8, 4) is 0 Å². The van der Waals surface area contributed by atoms with Crippen LogP contribution in [-0.2, 0) is 10.0 Å². The second-order valence-corrected chi connectivity index (χ2v) is 6.07. The maximum Gasteiger partial charge on any atom is 0.267 e. The van der Waals surface area contributed by atoms with Crippen molar-refractivity contribution in [2.24, 2.45) is 0 Å². The Hall–Kier alpha value is -2.00. The van der Waals surface area contributed by atoms with Gasteiger partial charge >= 0.3 is 0 Å². The van der Waals surface area contributed by atoms with Gasteiger partial charge in [-0.1, -0.05) is 11.6 Å². The Morgan fingerprint density at radius 2 is 1.95 bits per heavy atom. The van der Waals surface area contributed by atoms with Gasteiger partial charge in [0.2, 0.25) is 5.95 Å². The lowest BCUT2D eigenvalue weighted by Crippen LogP contribution is -2.17. The minimum Gasteiger partial charge on any atom is -0.394 e. The van der Waals surface area contributed by atoms with Crippen LogP contribution in [0.15, 0.2) is 23.1 Å². The van der Waals surface area contributed by atoms with E-state index in [9.17, 15) is 17.2 Å². The van der Waals surface area contributed by atoms with Crippen molar-refractivity contribution in [1.29, 1.82) is 0 Å². The van der Waals surface area contributed by atoms with E-state index in [4.69, 9.17) is 17.3 Å². The van der Waals surface area contributed by atoms with E-state index in [-0.39, 0.29) is 11.1 Å². The maximum absolute atomic E-state index is 13.8. The smallest absolute Gasteiger partial charge is 0.267 e. The van der Waals surface area contributed by atoms with E-state index in [1.165, 1.54) is 6.07 Å². The zero-order valence-corrected chi connectivity index (χ0v) is 12.1. The number of hydrogen-bond donors (Lipinski definition) is 2. The van der Waals surface area contributed by atoms with Gasteiger partial charge in [-0.25, -0.2) is 31.9 Å². The number of halogens is 3. The summed E-state index contributed by atoms with van der Waals surface area (Å²) in [6, 6.07) is 2.91. The molecule has 0 aliphatic rings. The van der Waals surface area contributed by atoms with E-state index >= 15 is 0 Å². The lowest BCUT2D eigenvalue weighted by Gasteiger charge is -2.09. The van der Waals surface area contributed by atoms with Gasteiger partial charge in [0.05, 0.1) is 0 Å². The van der Waals surface area contributed by atoms with Gasteiger partial charge in [-0.05, 0) is 25.1 Å². The molecule has 0 radical (unpaired) electrons. The van der Waals surface area contributed by atoms with Crippen LogP contribution in [0.3, 0.4) is 0 Å². The summed E-state index contributed by atoms with van der Waals surface area (Å²) in [5.74, 6) is -2.77. The van der Waals surface area contributed by atoms with Gasteiger partial charge in [-0.3, -0.25) is 0 Å². The summed E-state index contributed by atoms with van der Waals surface area (Å²) in [4.78, 5) is 6.63. The highest BCUT2D eigenvalue weighted by atomic mass is 35.5. The molecule has 10 heteroatoms. The fourth-order valence-corrected chi connectivity index (χ4v) is 2.78. The number of aryl methyl sites for hydroxylation is 1. The van der Waals surface area contributed by atoms with Gasteiger partial charge in [-0.2, -0.15) is 0 Å². The fourth-order valence-electron chi connectivity index (χ4n) is 1.51. The zero-order valence-electron chi connectivity index (χ0n) is 10.6. The Bertz CT molecular complexity index is 794. The molecular formula is C11H9ClF2N4O2S. The quantitative estimate of drug-likeness (QED) is 0.661. The third kappa shape index (κ3) is 3.19. The first-order valence-corrected chi connectivity index (χ1v) is 7.34. The molecule has 0 amide bonds. The van der Waals surface area contributed by atoms with Crippen LogP contribution in [0, 0.1) is 18.6 Å². The number of sulfonamides is 1. The van der Waals surface area contributed by atoms with Crippen molar-refractivity contribution in [1.82, 2.24) is 9.97 Å². The van der Waals surface area contributed by atoms with E-state index < -0.39 is 32.2 Å². The van der Waals surface area contributed by atoms with Crippen LogP contribution < -0.4 is 10.5 Å². The predicted molar refractivity (Wildman–Crippen MR) is 73.4 cm³/mol. The van der Waals surface area contributed by atoms with E-state index in [1.54, 1.807) is 6.92 Å². The Kier molecular flexibility index (Phi) is 3.97. The van der Waals surface area contributed by atoms with Crippen molar-refractivity contribution >= 4 is 33.3 Å². The molecule has 0 bridgehead atoms. The standard InChI is InChI=1S/C11H9ClF2N4O2S/c1-5-4-8(12)17-11(16-5)18-21(19,20)7-3-2-6(13)10(15)9(7)14/h2-4H,15H2,1H3,(H,16,17,18). The molecule has 0 aliphatic carbocycles. The molecule has 3 N–H and O–H groups in total. The number of benzene rings is 1. The van der Waals surface area contributed by atoms with Crippen LogP contribution in [0.4, 0.5) is 20.4 Å². The number of rotatable bonds is 3. The van der Waals surface area contributed by atoms with Crippen molar-refractivity contribution in [2.75, 3.05) is 10.5 Å². The van der Waals surface area contributed by atoms with Gasteiger partial charge < -0.3 is 5.73 Å². The van der Waals surface area contributed by atoms with Gasteiger partial charge in [0.25, 0.3) is 10.0 Å². The lowest BCUT2D eigenvalue weighted by atomic mass is 10.3. The van der Waals surface area contributed by atoms with Gasteiger partial charge in [-0.15, -0.1) is 0 Å². The molecule has 112 valence electrons. The summed E-state index contributed by atoms with van der Waals surface area (Å²) in [6.07, 6.45) is 0. The largest absolute Gasteiger partial charge is 0.394 e. The summed E-state index contributed by atoms with van der Waals surface area (Å²) in [7, 11) is -4.37. The number of anilines is 2. The molecule has 2 aromatic rings. The maximum atomic E-state index is 13.8. The first-order chi connectivity index (χ1) is 9.70. The average molecular weight is 335 g/mol. The van der Waals surface area contributed by atoms with Crippen LogP contribution in [0.2, 0.25) is 5.15 Å². The molecule has 6 nitrogen and oxygen atoms in total. The summed E-state index contributed by atoms with van der Waals surface area (Å²) < 4.78 is 52.9. The third-order valence-corrected chi connectivity index (χ3v) is 3.97. The predicted octanol–water partition coefficient (Wildman–Crippen LogP) is 2.10. The normalized spacial score (nSPS) is 11.4. The molecule has 0 unspecified atom stereocenters. The zero-order chi connectivity index (χ0) is 15.8. The Morgan fingerprint density at radius 3 is 2.57 bits per heavy atom. The first kappa shape index (κ1) is 15.4. The third-order valence-electron chi connectivity index (χ3n) is 2.43. The van der Waals surface area contributed by atoms with Crippen molar-refractivity contribution in [3.05, 3.63) is 40.7 Å². The average Bonchev–Trinajstić information content (AvgIpc) is 2.33. The number of nitrogen functional groups attached to an aromatic ring is 1. The van der Waals surface area contributed by atoms with Crippen LogP contribution in [0.25, 0.3) is 0 Å². The van der Waals surface area contributed by atoms with E-state index in [1.807, 2.05) is 4.72 Å². The Balaban J connectivity index is 2.46. The molecule has 1 aromatic heterocycles. The SMILES string of the molecule is Cc1cc(Cl)nc(NS(=O)(=O)c2ccc(F)c(N)c2F)n1. The summed E-state index contributed by atoms with van der Waals surface area (Å²) in [5.41, 5.74) is 4.65. The van der Waals surface area contributed by atoms with E-state index in [2.05, 4.69) is 9.97 Å². The highest BCUT2D eigenvalue weighted by Crippen LogP contribution is 2.24. The van der Waals surface area contributed by atoms with Crippen molar-refractivity contribution in [2.45, 2.75) is 11.8 Å².